The quantitative estimate of drug-likeness (QED) is 0.268. The van der Waals surface area contributed by atoms with Gasteiger partial charge in [-0.25, -0.2) is 0 Å². The first-order chi connectivity index (χ1) is 11.3. The first-order valence-corrected chi connectivity index (χ1v) is 10.3. The van der Waals surface area contributed by atoms with Crippen LogP contribution in [0.15, 0.2) is 4.99 Å². The van der Waals surface area contributed by atoms with Gasteiger partial charge in [-0.15, -0.1) is 24.0 Å². The molecular weight excluding hydrogens is 435 g/mol. The van der Waals surface area contributed by atoms with Gasteiger partial charge < -0.3 is 15.0 Å². The Kier molecular flexibility index (Phi) is 12.5. The van der Waals surface area contributed by atoms with Crippen LogP contribution < -0.4 is 5.32 Å². The van der Waals surface area contributed by atoms with Crippen LogP contribution in [-0.4, -0.2) is 85.8 Å². The van der Waals surface area contributed by atoms with Crippen LogP contribution >= 0.6 is 35.7 Å². The largest absolute Gasteiger partial charge is 0.379 e. The van der Waals surface area contributed by atoms with Crippen molar-refractivity contribution in [2.45, 2.75) is 38.4 Å². The molecule has 2 aliphatic rings. The Morgan fingerprint density at radius 3 is 2.71 bits per heavy atom. The van der Waals surface area contributed by atoms with E-state index >= 15 is 0 Å². The molecule has 7 heteroatoms. The van der Waals surface area contributed by atoms with Crippen LogP contribution in [0.5, 0.6) is 0 Å². The lowest BCUT2D eigenvalue weighted by molar-refractivity contribution is 0.0373. The fraction of sp³-hybridized carbons (Fsp3) is 0.941. The van der Waals surface area contributed by atoms with E-state index in [1.165, 1.54) is 31.6 Å². The molecule has 2 heterocycles. The zero-order valence-electron chi connectivity index (χ0n) is 15.3. The SMILES string of the molecule is CCNC(=NCCCCN1CCOCC1)N1CCSC(CC)C1.I. The fourth-order valence-electron chi connectivity index (χ4n) is 3.04. The first kappa shape index (κ1) is 22.3. The molecule has 0 aliphatic carbocycles. The van der Waals surface area contributed by atoms with E-state index in [0.717, 1.165) is 63.7 Å². The second kappa shape index (κ2) is 13.5. The van der Waals surface area contributed by atoms with E-state index < -0.39 is 0 Å². The highest BCUT2D eigenvalue weighted by Crippen LogP contribution is 2.21. The monoisotopic (exact) mass is 470 g/mol. The summed E-state index contributed by atoms with van der Waals surface area (Å²) < 4.78 is 5.39. The van der Waals surface area contributed by atoms with Gasteiger partial charge in [-0.05, 0) is 32.7 Å². The van der Waals surface area contributed by atoms with Crippen molar-refractivity contribution in [1.29, 1.82) is 0 Å². The van der Waals surface area contributed by atoms with Crippen LogP contribution in [0.1, 0.15) is 33.1 Å². The van der Waals surface area contributed by atoms with Gasteiger partial charge in [0.2, 0.25) is 0 Å². The molecule has 0 bridgehead atoms. The van der Waals surface area contributed by atoms with Gasteiger partial charge in [0.15, 0.2) is 5.96 Å². The minimum atomic E-state index is 0. The van der Waals surface area contributed by atoms with Gasteiger partial charge in [-0.2, -0.15) is 11.8 Å². The highest BCUT2D eigenvalue weighted by molar-refractivity contribution is 14.0. The number of nitrogens with zero attached hydrogens (tertiary/aromatic N) is 3. The summed E-state index contributed by atoms with van der Waals surface area (Å²) in [5, 5.41) is 4.24. The average Bonchev–Trinajstić information content (AvgIpc) is 2.61. The van der Waals surface area contributed by atoms with Crippen molar-refractivity contribution in [2.24, 2.45) is 4.99 Å². The highest BCUT2D eigenvalue weighted by atomic mass is 127. The van der Waals surface area contributed by atoms with Crippen LogP contribution in [0.4, 0.5) is 0 Å². The van der Waals surface area contributed by atoms with Gasteiger partial charge in [0, 0.05) is 50.3 Å². The van der Waals surface area contributed by atoms with Gasteiger partial charge in [-0.1, -0.05) is 6.92 Å². The number of nitrogens with one attached hydrogen (secondary N) is 1. The summed E-state index contributed by atoms with van der Waals surface area (Å²) in [7, 11) is 0. The van der Waals surface area contributed by atoms with Crippen molar-refractivity contribution in [3.63, 3.8) is 0 Å². The Morgan fingerprint density at radius 2 is 2.00 bits per heavy atom. The summed E-state index contributed by atoms with van der Waals surface area (Å²) in [6.45, 7) is 13.8. The molecular formula is C17H35IN4OS. The van der Waals surface area contributed by atoms with Crippen LogP contribution in [0.25, 0.3) is 0 Å². The summed E-state index contributed by atoms with van der Waals surface area (Å²) in [6, 6.07) is 0. The summed E-state index contributed by atoms with van der Waals surface area (Å²) in [5.41, 5.74) is 0. The molecule has 5 nitrogen and oxygen atoms in total. The second-order valence-electron chi connectivity index (χ2n) is 6.24. The van der Waals surface area contributed by atoms with E-state index in [0.29, 0.717) is 0 Å². The summed E-state index contributed by atoms with van der Waals surface area (Å²) in [4.78, 5) is 9.83. The smallest absolute Gasteiger partial charge is 0.193 e. The average molecular weight is 470 g/mol. The number of guanidine groups is 1. The normalized spacial score (nSPS) is 23.0. The van der Waals surface area contributed by atoms with Crippen molar-refractivity contribution in [1.82, 2.24) is 15.1 Å². The van der Waals surface area contributed by atoms with Gasteiger partial charge in [-0.3, -0.25) is 9.89 Å². The van der Waals surface area contributed by atoms with E-state index in [-0.39, 0.29) is 24.0 Å². The Labute approximate surface area is 169 Å². The number of hydrogen-bond donors (Lipinski definition) is 1. The van der Waals surface area contributed by atoms with Crippen molar-refractivity contribution in [2.75, 3.05) is 64.8 Å². The maximum Gasteiger partial charge on any atom is 0.193 e. The van der Waals surface area contributed by atoms with Gasteiger partial charge in [0.25, 0.3) is 0 Å². The molecule has 0 radical (unpaired) electrons. The third-order valence-corrected chi connectivity index (χ3v) is 5.85. The molecule has 2 fully saturated rings. The number of rotatable bonds is 7. The third-order valence-electron chi connectivity index (χ3n) is 4.48. The van der Waals surface area contributed by atoms with Crippen molar-refractivity contribution >= 4 is 41.7 Å². The molecule has 0 saturated carbocycles. The third kappa shape index (κ3) is 8.10. The molecule has 0 amide bonds. The zero-order valence-corrected chi connectivity index (χ0v) is 18.5. The minimum Gasteiger partial charge on any atom is -0.379 e. The lowest BCUT2D eigenvalue weighted by Crippen LogP contribution is -2.48. The Hall–Kier alpha value is 0.270. The van der Waals surface area contributed by atoms with Crippen LogP contribution in [0.2, 0.25) is 0 Å². The molecule has 1 unspecified atom stereocenters. The van der Waals surface area contributed by atoms with E-state index in [9.17, 15) is 0 Å². The predicted molar refractivity (Wildman–Crippen MR) is 116 cm³/mol. The molecule has 0 aromatic rings. The number of ether oxygens (including phenoxy) is 1. The maximum absolute atomic E-state index is 5.39. The molecule has 1 atom stereocenters. The number of unbranched alkanes of at least 4 members (excludes halogenated alkanes) is 1. The first-order valence-electron chi connectivity index (χ1n) is 9.28. The topological polar surface area (TPSA) is 40.1 Å². The number of hydrogen-bond acceptors (Lipinski definition) is 4. The van der Waals surface area contributed by atoms with Gasteiger partial charge >= 0.3 is 0 Å². The lowest BCUT2D eigenvalue weighted by Gasteiger charge is -2.34. The highest BCUT2D eigenvalue weighted by Gasteiger charge is 2.21. The molecule has 24 heavy (non-hydrogen) atoms. The van der Waals surface area contributed by atoms with Crippen LogP contribution in [-0.2, 0) is 4.74 Å². The van der Waals surface area contributed by atoms with Gasteiger partial charge in [0.05, 0.1) is 13.2 Å². The summed E-state index contributed by atoms with van der Waals surface area (Å²) in [6.07, 6.45) is 3.66. The van der Waals surface area contributed by atoms with Crippen LogP contribution in [0.3, 0.4) is 0 Å². The Morgan fingerprint density at radius 1 is 1.21 bits per heavy atom. The zero-order chi connectivity index (χ0) is 16.3. The predicted octanol–water partition coefficient (Wildman–Crippen LogP) is 2.51. The number of aliphatic imine (C=N–C) groups is 1. The standard InChI is InChI=1S/C17H34N4OS.HI/c1-3-16-15-21(11-14-23-16)17(18-4-2)19-7-5-6-8-20-9-12-22-13-10-20;/h16H,3-15H2,1-2H3,(H,18,19);1H. The molecule has 2 saturated heterocycles. The number of morpholine rings is 1. The number of thioether (sulfide) groups is 1. The summed E-state index contributed by atoms with van der Waals surface area (Å²) in [5.74, 6) is 2.34. The molecule has 1 N–H and O–H groups in total. The Balaban J connectivity index is 0.00000288. The molecule has 0 aromatic carbocycles. The molecule has 142 valence electrons. The van der Waals surface area contributed by atoms with Crippen molar-refractivity contribution in [3.05, 3.63) is 0 Å². The molecule has 2 aliphatic heterocycles. The van der Waals surface area contributed by atoms with E-state index in [4.69, 9.17) is 9.73 Å². The Bertz CT molecular complexity index is 353. The van der Waals surface area contributed by atoms with E-state index in [1.54, 1.807) is 0 Å². The van der Waals surface area contributed by atoms with E-state index in [2.05, 4.69) is 40.7 Å². The van der Waals surface area contributed by atoms with Crippen molar-refractivity contribution in [3.8, 4) is 0 Å². The molecule has 0 aromatic heterocycles. The second-order valence-corrected chi connectivity index (χ2v) is 7.65. The summed E-state index contributed by atoms with van der Waals surface area (Å²) >= 11 is 2.11. The minimum absolute atomic E-state index is 0. The fourth-order valence-corrected chi connectivity index (χ4v) is 4.22. The lowest BCUT2D eigenvalue weighted by atomic mass is 10.2. The molecule has 2 rings (SSSR count). The maximum atomic E-state index is 5.39. The van der Waals surface area contributed by atoms with Crippen LogP contribution in [0, 0.1) is 0 Å². The van der Waals surface area contributed by atoms with Gasteiger partial charge in [0.1, 0.15) is 0 Å². The van der Waals surface area contributed by atoms with Crippen molar-refractivity contribution < 1.29 is 4.74 Å². The molecule has 0 spiro atoms. The number of halogens is 1. The van der Waals surface area contributed by atoms with E-state index in [1.807, 2.05) is 0 Å².